The summed E-state index contributed by atoms with van der Waals surface area (Å²) in [5.74, 6) is -0.653. The third-order valence-electron chi connectivity index (χ3n) is 6.40. The Bertz CT molecular complexity index is 1020. The van der Waals surface area contributed by atoms with E-state index in [1.165, 1.54) is 6.92 Å². The maximum atomic E-state index is 13.0. The van der Waals surface area contributed by atoms with Gasteiger partial charge in [-0.05, 0) is 62.3 Å². The van der Waals surface area contributed by atoms with E-state index in [1.54, 1.807) is 6.07 Å². The summed E-state index contributed by atoms with van der Waals surface area (Å²) in [5, 5.41) is 2.97. The molecular formula is C26H34BNO5. The van der Waals surface area contributed by atoms with Crippen molar-refractivity contribution in [2.24, 2.45) is 0 Å². The van der Waals surface area contributed by atoms with Crippen LogP contribution >= 0.6 is 0 Å². The summed E-state index contributed by atoms with van der Waals surface area (Å²) in [6, 6.07) is 13.1. The summed E-state index contributed by atoms with van der Waals surface area (Å²) < 4.78 is 17.7. The number of hydrogen-bond donors (Lipinski definition) is 1. The summed E-state index contributed by atoms with van der Waals surface area (Å²) in [4.78, 5) is 24.6. The van der Waals surface area contributed by atoms with Gasteiger partial charge in [0, 0.05) is 23.7 Å². The molecule has 1 fully saturated rings. The minimum atomic E-state index is -0.650. The van der Waals surface area contributed by atoms with Gasteiger partial charge in [-0.25, -0.2) is 0 Å². The summed E-state index contributed by atoms with van der Waals surface area (Å²) in [5.41, 5.74) is 2.56. The number of ether oxygens (including phenoxy) is 1. The largest absolute Gasteiger partial charge is 0.495 e. The zero-order chi connectivity index (χ0) is 24.6. The van der Waals surface area contributed by atoms with Gasteiger partial charge >= 0.3 is 13.1 Å². The van der Waals surface area contributed by atoms with Crippen LogP contribution in [0.15, 0.2) is 42.5 Å². The van der Waals surface area contributed by atoms with E-state index in [9.17, 15) is 9.59 Å². The van der Waals surface area contributed by atoms with Crippen LogP contribution in [-0.4, -0.2) is 30.2 Å². The second-order valence-electron chi connectivity index (χ2n) is 10.5. The molecule has 0 aliphatic carbocycles. The Kier molecular flexibility index (Phi) is 6.78. The maximum absolute atomic E-state index is 13.0. The lowest BCUT2D eigenvalue weighted by atomic mass is 9.75. The van der Waals surface area contributed by atoms with Gasteiger partial charge < -0.3 is 19.4 Å². The fourth-order valence-electron chi connectivity index (χ4n) is 3.56. The summed E-state index contributed by atoms with van der Waals surface area (Å²) in [6.45, 7) is 15.6. The zero-order valence-electron chi connectivity index (χ0n) is 20.9. The predicted molar refractivity (Wildman–Crippen MR) is 131 cm³/mol. The van der Waals surface area contributed by atoms with Gasteiger partial charge in [-0.15, -0.1) is 0 Å². The molecule has 1 aliphatic heterocycles. The van der Waals surface area contributed by atoms with Crippen LogP contribution in [0, 0.1) is 0 Å². The normalized spacial score (nSPS) is 17.0. The van der Waals surface area contributed by atoms with Gasteiger partial charge in [0.25, 0.3) is 5.91 Å². The van der Waals surface area contributed by atoms with Crippen LogP contribution < -0.4 is 10.8 Å². The molecule has 3 rings (SSSR count). The number of amides is 1. The highest BCUT2D eigenvalue weighted by Gasteiger charge is 2.52. The van der Waals surface area contributed by atoms with Crippen LogP contribution in [0.1, 0.15) is 76.9 Å². The molecule has 176 valence electrons. The topological polar surface area (TPSA) is 73.9 Å². The second kappa shape index (κ2) is 8.95. The number of esters is 1. The van der Waals surface area contributed by atoms with Crippen LogP contribution in [0.25, 0.3) is 0 Å². The molecule has 1 saturated heterocycles. The van der Waals surface area contributed by atoms with E-state index in [-0.39, 0.29) is 17.9 Å². The molecule has 0 bridgehead atoms. The Hall–Kier alpha value is -2.64. The molecule has 33 heavy (non-hydrogen) atoms. The summed E-state index contributed by atoms with van der Waals surface area (Å²) >= 11 is 0. The second-order valence-corrected chi connectivity index (χ2v) is 10.5. The third kappa shape index (κ3) is 5.48. The Morgan fingerprint density at radius 3 is 2.06 bits per heavy atom. The van der Waals surface area contributed by atoms with Crippen molar-refractivity contribution in [2.45, 2.75) is 78.6 Å². The molecule has 0 unspecified atom stereocenters. The molecule has 1 N–H and O–H groups in total. The number of hydrogen-bond acceptors (Lipinski definition) is 5. The number of nitrogens with one attached hydrogen (secondary N) is 1. The zero-order valence-corrected chi connectivity index (χ0v) is 20.9. The van der Waals surface area contributed by atoms with Crippen molar-refractivity contribution in [3.63, 3.8) is 0 Å². The molecule has 0 aromatic heterocycles. The van der Waals surface area contributed by atoms with E-state index in [0.29, 0.717) is 16.8 Å². The molecule has 2 aromatic carbocycles. The minimum Gasteiger partial charge on any atom is -0.461 e. The van der Waals surface area contributed by atoms with Gasteiger partial charge in [0.1, 0.15) is 6.61 Å². The average molecular weight is 451 g/mol. The Morgan fingerprint density at radius 2 is 1.55 bits per heavy atom. The van der Waals surface area contributed by atoms with Crippen LogP contribution in [0.2, 0.25) is 0 Å². The molecule has 0 saturated carbocycles. The van der Waals surface area contributed by atoms with Gasteiger partial charge in [-0.1, -0.05) is 45.0 Å². The maximum Gasteiger partial charge on any atom is 0.495 e. The molecule has 6 nitrogen and oxygen atoms in total. The molecule has 2 aromatic rings. The fraction of sp³-hybridized carbons (Fsp3) is 0.462. The first kappa shape index (κ1) is 25.0. The monoisotopic (exact) mass is 451 g/mol. The van der Waals surface area contributed by atoms with E-state index >= 15 is 0 Å². The Balaban J connectivity index is 1.92. The first-order valence-corrected chi connectivity index (χ1v) is 11.2. The van der Waals surface area contributed by atoms with Crippen LogP contribution in [0.3, 0.4) is 0 Å². The van der Waals surface area contributed by atoms with Gasteiger partial charge in [0.2, 0.25) is 0 Å². The Morgan fingerprint density at radius 1 is 0.970 bits per heavy atom. The number of carbonyl (C=O) groups is 2. The first-order chi connectivity index (χ1) is 15.2. The molecule has 0 spiro atoms. The van der Waals surface area contributed by atoms with E-state index in [0.717, 1.165) is 11.0 Å². The number of rotatable bonds is 5. The van der Waals surface area contributed by atoms with Crippen LogP contribution in [-0.2, 0) is 30.9 Å². The molecule has 0 radical (unpaired) electrons. The van der Waals surface area contributed by atoms with E-state index in [2.05, 4.69) is 26.1 Å². The van der Waals surface area contributed by atoms with Gasteiger partial charge in [-0.3, -0.25) is 9.59 Å². The summed E-state index contributed by atoms with van der Waals surface area (Å²) in [7, 11) is -0.650. The van der Waals surface area contributed by atoms with Crippen molar-refractivity contribution in [1.82, 2.24) is 0 Å². The minimum absolute atomic E-state index is 0.00335. The quantitative estimate of drug-likeness (QED) is 0.532. The molecule has 7 heteroatoms. The molecule has 1 aliphatic rings. The number of anilines is 1. The first-order valence-electron chi connectivity index (χ1n) is 11.2. The lowest BCUT2D eigenvalue weighted by molar-refractivity contribution is -0.142. The standard InChI is InChI=1S/C26H34BNO5/c1-17(29)31-16-20-21(27-32-25(5,6)26(7,8)33-27)10-9-11-22(20)28-23(30)18-12-14-19(15-13-18)24(2,3)4/h9-15H,16H2,1-8H3,(H,28,30). The van der Waals surface area contributed by atoms with Crippen LogP contribution in [0.4, 0.5) is 5.69 Å². The van der Waals surface area contributed by atoms with Gasteiger partial charge in [-0.2, -0.15) is 0 Å². The molecule has 0 atom stereocenters. The van der Waals surface area contributed by atoms with E-state index in [4.69, 9.17) is 14.0 Å². The van der Waals surface area contributed by atoms with Crippen LogP contribution in [0.5, 0.6) is 0 Å². The highest BCUT2D eigenvalue weighted by Crippen LogP contribution is 2.37. The lowest BCUT2D eigenvalue weighted by Gasteiger charge is -2.32. The predicted octanol–water partition coefficient (Wildman–Crippen LogP) is 4.60. The van der Waals surface area contributed by atoms with Crippen molar-refractivity contribution in [2.75, 3.05) is 5.32 Å². The van der Waals surface area contributed by atoms with Crippen molar-refractivity contribution in [3.8, 4) is 0 Å². The Labute approximate surface area is 197 Å². The van der Waals surface area contributed by atoms with Crippen molar-refractivity contribution < 1.29 is 23.6 Å². The number of benzene rings is 2. The van der Waals surface area contributed by atoms with Crippen molar-refractivity contribution in [1.29, 1.82) is 0 Å². The average Bonchev–Trinajstić information content (AvgIpc) is 2.93. The highest BCUT2D eigenvalue weighted by molar-refractivity contribution is 6.62. The van der Waals surface area contributed by atoms with E-state index in [1.807, 2.05) is 64.1 Å². The summed E-state index contributed by atoms with van der Waals surface area (Å²) in [6.07, 6.45) is 0. The third-order valence-corrected chi connectivity index (χ3v) is 6.40. The lowest BCUT2D eigenvalue weighted by Crippen LogP contribution is -2.41. The smallest absolute Gasteiger partial charge is 0.461 e. The van der Waals surface area contributed by atoms with Crippen molar-refractivity contribution >= 4 is 30.1 Å². The number of carbonyl (C=O) groups excluding carboxylic acids is 2. The molecule has 1 heterocycles. The molecular weight excluding hydrogens is 417 g/mol. The van der Waals surface area contributed by atoms with Gasteiger partial charge in [0.05, 0.1) is 11.2 Å². The SMILES string of the molecule is CC(=O)OCc1c(NC(=O)c2ccc(C(C)(C)C)cc2)cccc1B1OC(C)(C)C(C)(C)O1. The highest BCUT2D eigenvalue weighted by atomic mass is 16.7. The van der Waals surface area contributed by atoms with Gasteiger partial charge in [0.15, 0.2) is 0 Å². The fourth-order valence-corrected chi connectivity index (χ4v) is 3.56. The van der Waals surface area contributed by atoms with Crippen molar-refractivity contribution in [3.05, 3.63) is 59.2 Å². The van der Waals surface area contributed by atoms with E-state index < -0.39 is 24.3 Å². The molecule has 1 amide bonds.